The quantitative estimate of drug-likeness (QED) is 0.560. The zero-order valence-corrected chi connectivity index (χ0v) is 19.0. The minimum absolute atomic E-state index is 0.0394. The molecule has 2 fully saturated rings. The number of piperidine rings is 1. The number of carbonyl (C=O) groups is 1. The van der Waals surface area contributed by atoms with Crippen molar-refractivity contribution in [3.05, 3.63) is 36.0 Å². The molecule has 1 saturated heterocycles. The third-order valence-electron chi connectivity index (χ3n) is 6.99. The zero-order chi connectivity index (χ0) is 21.6. The van der Waals surface area contributed by atoms with E-state index in [0.29, 0.717) is 12.7 Å². The van der Waals surface area contributed by atoms with Crippen LogP contribution in [-0.2, 0) is 16.1 Å². The van der Waals surface area contributed by atoms with Crippen LogP contribution >= 0.6 is 0 Å². The summed E-state index contributed by atoms with van der Waals surface area (Å²) in [4.78, 5) is 19.2. The van der Waals surface area contributed by atoms with Gasteiger partial charge in [-0.3, -0.25) is 14.7 Å². The Hall–Kier alpha value is -2.14. The summed E-state index contributed by atoms with van der Waals surface area (Å²) < 4.78 is 11.5. The number of likely N-dealkylation sites (tertiary alicyclic amines) is 1. The van der Waals surface area contributed by atoms with Crippen LogP contribution in [0.3, 0.4) is 0 Å². The van der Waals surface area contributed by atoms with Crippen molar-refractivity contribution in [3.8, 4) is 5.75 Å². The van der Waals surface area contributed by atoms with Crippen molar-refractivity contribution in [1.82, 2.24) is 9.88 Å². The Balaban J connectivity index is 1.32. The largest absolute Gasteiger partial charge is 0.490 e. The van der Waals surface area contributed by atoms with Gasteiger partial charge >= 0.3 is 5.97 Å². The first-order valence-electron chi connectivity index (χ1n) is 12.1. The number of hydrogen-bond donors (Lipinski definition) is 0. The van der Waals surface area contributed by atoms with E-state index < -0.39 is 0 Å². The van der Waals surface area contributed by atoms with Gasteiger partial charge in [-0.1, -0.05) is 19.4 Å². The van der Waals surface area contributed by atoms with Crippen LogP contribution < -0.4 is 4.74 Å². The lowest BCUT2D eigenvalue weighted by Crippen LogP contribution is -2.36. The number of nitrogens with zero attached hydrogens (tertiary/aromatic N) is 2. The van der Waals surface area contributed by atoms with E-state index in [1.54, 1.807) is 0 Å². The molecular weight excluding hydrogens is 388 g/mol. The molecule has 1 aromatic carbocycles. The summed E-state index contributed by atoms with van der Waals surface area (Å²) in [6.45, 7) is 7.27. The van der Waals surface area contributed by atoms with Crippen molar-refractivity contribution in [2.45, 2.75) is 71.4 Å². The summed E-state index contributed by atoms with van der Waals surface area (Å²) in [5.74, 6) is 1.86. The van der Waals surface area contributed by atoms with E-state index in [4.69, 9.17) is 14.5 Å². The molecule has 31 heavy (non-hydrogen) atoms. The van der Waals surface area contributed by atoms with Crippen LogP contribution in [0.1, 0.15) is 64.5 Å². The van der Waals surface area contributed by atoms with Gasteiger partial charge in [-0.05, 0) is 88.7 Å². The number of aromatic nitrogens is 1. The maximum Gasteiger partial charge on any atom is 0.309 e. The van der Waals surface area contributed by atoms with Crippen LogP contribution in [0.4, 0.5) is 0 Å². The molecule has 0 amide bonds. The monoisotopic (exact) mass is 424 g/mol. The third-order valence-corrected chi connectivity index (χ3v) is 6.99. The highest BCUT2D eigenvalue weighted by Gasteiger charge is 2.26. The predicted octanol–water partition coefficient (Wildman–Crippen LogP) is 5.36. The van der Waals surface area contributed by atoms with Crippen LogP contribution in [-0.4, -0.2) is 41.7 Å². The van der Waals surface area contributed by atoms with Crippen molar-refractivity contribution in [2.75, 3.05) is 19.7 Å². The lowest BCUT2D eigenvalue weighted by atomic mass is 9.86. The molecule has 2 aliphatic rings. The smallest absolute Gasteiger partial charge is 0.309 e. The van der Waals surface area contributed by atoms with E-state index in [-0.39, 0.29) is 11.9 Å². The summed E-state index contributed by atoms with van der Waals surface area (Å²) in [6, 6.07) is 10.6. The maximum atomic E-state index is 11.9. The fourth-order valence-electron chi connectivity index (χ4n) is 4.97. The van der Waals surface area contributed by atoms with Gasteiger partial charge in [-0.15, -0.1) is 0 Å². The number of carbonyl (C=O) groups excluding carboxylic acids is 1. The molecule has 4 rings (SSSR count). The Bertz CT molecular complexity index is 868. The normalized spacial score (nSPS) is 23.0. The fourth-order valence-corrected chi connectivity index (χ4v) is 4.97. The van der Waals surface area contributed by atoms with Gasteiger partial charge in [0.25, 0.3) is 0 Å². The van der Waals surface area contributed by atoms with Gasteiger partial charge < -0.3 is 9.47 Å². The first kappa shape index (κ1) is 22.1. The van der Waals surface area contributed by atoms with E-state index >= 15 is 0 Å². The van der Waals surface area contributed by atoms with Crippen molar-refractivity contribution < 1.29 is 14.3 Å². The SMILES string of the molecule is CCOC(=O)C1CCN(Cc2ccc3cc(OC4CCC(CC)CC4)ccc3n2)CC1. The minimum Gasteiger partial charge on any atom is -0.490 e. The number of rotatable bonds is 7. The van der Waals surface area contributed by atoms with Crippen molar-refractivity contribution in [1.29, 1.82) is 0 Å². The Morgan fingerprint density at radius 2 is 1.81 bits per heavy atom. The fraction of sp³-hybridized carbons (Fsp3) is 0.615. The molecule has 5 heteroatoms. The van der Waals surface area contributed by atoms with E-state index in [9.17, 15) is 4.79 Å². The molecule has 0 N–H and O–H groups in total. The summed E-state index contributed by atoms with van der Waals surface area (Å²) in [5.41, 5.74) is 2.09. The van der Waals surface area contributed by atoms with Gasteiger partial charge in [0.05, 0.1) is 29.8 Å². The minimum atomic E-state index is -0.0394. The highest BCUT2D eigenvalue weighted by Crippen LogP contribution is 2.30. The highest BCUT2D eigenvalue weighted by atomic mass is 16.5. The standard InChI is InChI=1S/C26H36N2O3/c1-3-19-5-9-23(10-6-19)31-24-11-12-25-21(17-24)7-8-22(27-25)18-28-15-13-20(14-16-28)26(29)30-4-2/h7-8,11-12,17,19-20,23H,3-6,9-10,13-16,18H2,1-2H3. The summed E-state index contributed by atoms with van der Waals surface area (Å²) in [5, 5.41) is 1.13. The second kappa shape index (κ2) is 10.4. The second-order valence-corrected chi connectivity index (χ2v) is 9.13. The molecular formula is C26H36N2O3. The average Bonchev–Trinajstić information content (AvgIpc) is 2.80. The molecule has 5 nitrogen and oxygen atoms in total. The van der Waals surface area contributed by atoms with Gasteiger partial charge in [-0.2, -0.15) is 0 Å². The molecule has 0 unspecified atom stereocenters. The molecule has 0 spiro atoms. The summed E-state index contributed by atoms with van der Waals surface area (Å²) in [7, 11) is 0. The van der Waals surface area contributed by atoms with Gasteiger partial charge in [0.1, 0.15) is 5.75 Å². The Morgan fingerprint density at radius 1 is 1.03 bits per heavy atom. The second-order valence-electron chi connectivity index (χ2n) is 9.13. The summed E-state index contributed by atoms with van der Waals surface area (Å²) in [6.07, 6.45) is 8.29. The van der Waals surface area contributed by atoms with E-state index in [0.717, 1.165) is 60.7 Å². The van der Waals surface area contributed by atoms with Gasteiger partial charge in [-0.25, -0.2) is 0 Å². The van der Waals surface area contributed by atoms with Crippen LogP contribution in [0.25, 0.3) is 10.9 Å². The molecule has 1 aliphatic heterocycles. The number of hydrogen-bond acceptors (Lipinski definition) is 5. The summed E-state index contributed by atoms with van der Waals surface area (Å²) >= 11 is 0. The Labute approximate surface area is 186 Å². The van der Waals surface area contributed by atoms with Crippen LogP contribution in [0.5, 0.6) is 5.75 Å². The molecule has 168 valence electrons. The molecule has 2 heterocycles. The average molecular weight is 425 g/mol. The maximum absolute atomic E-state index is 11.9. The highest BCUT2D eigenvalue weighted by molar-refractivity contribution is 5.80. The number of pyridine rings is 1. The zero-order valence-electron chi connectivity index (χ0n) is 19.0. The van der Waals surface area contributed by atoms with Gasteiger partial charge in [0.15, 0.2) is 0 Å². The lowest BCUT2D eigenvalue weighted by Gasteiger charge is -2.30. The van der Waals surface area contributed by atoms with E-state index in [2.05, 4.69) is 42.2 Å². The Morgan fingerprint density at radius 3 is 2.52 bits per heavy atom. The van der Waals surface area contributed by atoms with Crippen molar-refractivity contribution in [3.63, 3.8) is 0 Å². The first-order chi connectivity index (χ1) is 15.1. The number of esters is 1. The van der Waals surface area contributed by atoms with Crippen LogP contribution in [0, 0.1) is 11.8 Å². The molecule has 1 aromatic heterocycles. The van der Waals surface area contributed by atoms with Crippen LogP contribution in [0.15, 0.2) is 30.3 Å². The number of ether oxygens (including phenoxy) is 2. The number of benzene rings is 1. The lowest BCUT2D eigenvalue weighted by molar-refractivity contribution is -0.149. The van der Waals surface area contributed by atoms with Crippen molar-refractivity contribution >= 4 is 16.9 Å². The van der Waals surface area contributed by atoms with E-state index in [1.807, 2.05) is 6.92 Å². The molecule has 0 bridgehead atoms. The van der Waals surface area contributed by atoms with Crippen LogP contribution in [0.2, 0.25) is 0 Å². The molecule has 0 radical (unpaired) electrons. The molecule has 1 aliphatic carbocycles. The third kappa shape index (κ3) is 5.76. The predicted molar refractivity (Wildman–Crippen MR) is 123 cm³/mol. The molecule has 0 atom stereocenters. The van der Waals surface area contributed by atoms with Gasteiger partial charge in [0.2, 0.25) is 0 Å². The van der Waals surface area contributed by atoms with Gasteiger partial charge in [0, 0.05) is 11.9 Å². The Kier molecular flexibility index (Phi) is 7.44. The van der Waals surface area contributed by atoms with Crippen molar-refractivity contribution in [2.24, 2.45) is 11.8 Å². The number of fused-ring (bicyclic) bond motifs is 1. The first-order valence-corrected chi connectivity index (χ1v) is 12.1. The van der Waals surface area contributed by atoms with E-state index in [1.165, 1.54) is 32.1 Å². The molecule has 2 aromatic rings. The molecule has 1 saturated carbocycles. The topological polar surface area (TPSA) is 51.7 Å².